The maximum absolute atomic E-state index is 3.56. The third-order valence-electron chi connectivity index (χ3n) is 2.54. The monoisotopic (exact) mass is 373 g/mol. The molecule has 0 radical (unpaired) electrons. The highest BCUT2D eigenvalue weighted by atomic mass is 79.9. The van der Waals surface area contributed by atoms with E-state index in [9.17, 15) is 0 Å². The van der Waals surface area contributed by atoms with Gasteiger partial charge in [0.05, 0.1) is 0 Å². The highest BCUT2D eigenvalue weighted by Gasteiger charge is 2.01. The van der Waals surface area contributed by atoms with Crippen LogP contribution < -0.4 is 5.32 Å². The molecule has 1 N–H and O–H groups in total. The Morgan fingerprint density at radius 3 is 2.59 bits per heavy atom. The number of benzene rings is 1. The molecule has 0 aliphatic heterocycles. The highest BCUT2D eigenvalue weighted by Crippen LogP contribution is 2.22. The van der Waals surface area contributed by atoms with E-state index in [1.165, 1.54) is 24.9 Å². The van der Waals surface area contributed by atoms with E-state index in [0.717, 1.165) is 13.1 Å². The highest BCUT2D eigenvalue weighted by molar-refractivity contribution is 9.10. The predicted molar refractivity (Wildman–Crippen MR) is 81.4 cm³/mol. The summed E-state index contributed by atoms with van der Waals surface area (Å²) < 4.78 is 2.37. The average Bonchev–Trinajstić information content (AvgIpc) is 2.70. The third kappa shape index (κ3) is 3.65. The summed E-state index contributed by atoms with van der Waals surface area (Å²) in [6, 6.07) is 8.56. The number of nitrogens with one attached hydrogen (secondary N) is 1. The fraction of sp³-hybridized carbons (Fsp3) is 0.231. The molecule has 0 fully saturated rings. The van der Waals surface area contributed by atoms with Crippen LogP contribution in [0.25, 0.3) is 0 Å². The van der Waals surface area contributed by atoms with Crippen LogP contribution in [0.5, 0.6) is 0 Å². The molecule has 0 atom stereocenters. The predicted octanol–water partition coefficient (Wildman–Crippen LogP) is 4.87. The number of aryl methyl sites for hydroxylation is 1. The van der Waals surface area contributed by atoms with Crippen molar-refractivity contribution in [2.45, 2.75) is 20.0 Å². The Bertz CT molecular complexity index is 508. The van der Waals surface area contributed by atoms with Crippen LogP contribution in [-0.2, 0) is 13.1 Å². The fourth-order valence-corrected chi connectivity index (χ4v) is 3.41. The van der Waals surface area contributed by atoms with Gasteiger partial charge in [-0.15, -0.1) is 11.3 Å². The minimum absolute atomic E-state index is 0.892. The Balaban J connectivity index is 1.90. The lowest BCUT2D eigenvalue weighted by Crippen LogP contribution is -2.12. The Morgan fingerprint density at radius 2 is 1.94 bits per heavy atom. The van der Waals surface area contributed by atoms with Crippen LogP contribution in [0.15, 0.2) is 38.6 Å². The van der Waals surface area contributed by atoms with Gasteiger partial charge in [-0.1, -0.05) is 28.1 Å². The molecule has 0 saturated carbocycles. The summed E-state index contributed by atoms with van der Waals surface area (Å²) in [6.45, 7) is 3.90. The van der Waals surface area contributed by atoms with Crippen LogP contribution >= 0.6 is 43.2 Å². The minimum Gasteiger partial charge on any atom is -0.308 e. The first-order valence-corrected chi connectivity index (χ1v) is 7.81. The summed E-state index contributed by atoms with van der Waals surface area (Å²) in [4.78, 5) is 1.34. The first kappa shape index (κ1) is 13.3. The van der Waals surface area contributed by atoms with Crippen LogP contribution in [0, 0.1) is 6.92 Å². The number of thiophene rings is 1. The SMILES string of the molecule is Cc1ccc(CNCc2sccc2Br)cc1Br. The molecule has 2 aromatic rings. The molecule has 0 aliphatic carbocycles. The van der Waals surface area contributed by atoms with Crippen LogP contribution in [0.1, 0.15) is 16.0 Å². The molecule has 0 aliphatic rings. The minimum atomic E-state index is 0.892. The molecule has 17 heavy (non-hydrogen) atoms. The van der Waals surface area contributed by atoms with Crippen LogP contribution in [0.4, 0.5) is 0 Å². The van der Waals surface area contributed by atoms with Gasteiger partial charge in [-0.3, -0.25) is 0 Å². The number of hydrogen-bond acceptors (Lipinski definition) is 2. The molecular weight excluding hydrogens is 362 g/mol. The van der Waals surface area contributed by atoms with E-state index < -0.39 is 0 Å². The van der Waals surface area contributed by atoms with E-state index in [-0.39, 0.29) is 0 Å². The van der Waals surface area contributed by atoms with E-state index in [4.69, 9.17) is 0 Å². The zero-order chi connectivity index (χ0) is 12.3. The van der Waals surface area contributed by atoms with Crippen molar-refractivity contribution in [2.75, 3.05) is 0 Å². The van der Waals surface area contributed by atoms with Crippen molar-refractivity contribution in [3.05, 3.63) is 54.6 Å². The fourth-order valence-electron chi connectivity index (χ4n) is 1.52. The van der Waals surface area contributed by atoms with Crippen molar-refractivity contribution < 1.29 is 0 Å². The Morgan fingerprint density at radius 1 is 1.12 bits per heavy atom. The normalized spacial score (nSPS) is 10.8. The number of hydrogen-bond donors (Lipinski definition) is 1. The van der Waals surface area contributed by atoms with Crippen molar-refractivity contribution in [1.29, 1.82) is 0 Å². The second-order valence-electron chi connectivity index (χ2n) is 3.88. The van der Waals surface area contributed by atoms with Gasteiger partial charge < -0.3 is 5.32 Å². The van der Waals surface area contributed by atoms with E-state index in [1.807, 2.05) is 0 Å². The molecule has 4 heteroatoms. The largest absolute Gasteiger partial charge is 0.308 e. The van der Waals surface area contributed by atoms with Crippen LogP contribution in [0.2, 0.25) is 0 Å². The van der Waals surface area contributed by atoms with Crippen molar-refractivity contribution in [3.63, 3.8) is 0 Å². The van der Waals surface area contributed by atoms with Gasteiger partial charge in [0.15, 0.2) is 0 Å². The van der Waals surface area contributed by atoms with Crippen molar-refractivity contribution in [2.24, 2.45) is 0 Å². The van der Waals surface area contributed by atoms with E-state index in [2.05, 4.69) is 73.7 Å². The molecule has 0 bridgehead atoms. The van der Waals surface area contributed by atoms with Gasteiger partial charge in [0.1, 0.15) is 0 Å². The quantitative estimate of drug-likeness (QED) is 0.804. The van der Waals surface area contributed by atoms with Gasteiger partial charge in [0, 0.05) is 26.9 Å². The molecular formula is C13H13Br2NS. The topological polar surface area (TPSA) is 12.0 Å². The zero-order valence-electron chi connectivity index (χ0n) is 9.47. The molecule has 1 aromatic heterocycles. The molecule has 2 rings (SSSR count). The lowest BCUT2D eigenvalue weighted by Gasteiger charge is -2.06. The Hall–Kier alpha value is -0.160. The smallest absolute Gasteiger partial charge is 0.0327 e. The van der Waals surface area contributed by atoms with Crippen molar-refractivity contribution in [3.8, 4) is 0 Å². The molecule has 0 spiro atoms. The number of halogens is 2. The second kappa shape index (κ2) is 6.14. The number of rotatable bonds is 4. The van der Waals surface area contributed by atoms with Gasteiger partial charge in [-0.2, -0.15) is 0 Å². The zero-order valence-corrected chi connectivity index (χ0v) is 13.5. The summed E-state index contributed by atoms with van der Waals surface area (Å²) in [7, 11) is 0. The summed E-state index contributed by atoms with van der Waals surface area (Å²) in [5.74, 6) is 0. The molecule has 0 amide bonds. The summed E-state index contributed by atoms with van der Waals surface area (Å²) in [5, 5.41) is 5.55. The van der Waals surface area contributed by atoms with E-state index >= 15 is 0 Å². The third-order valence-corrected chi connectivity index (χ3v) is 5.32. The van der Waals surface area contributed by atoms with Crippen molar-refractivity contribution >= 4 is 43.2 Å². The standard InChI is InChI=1S/C13H13Br2NS/c1-9-2-3-10(6-12(9)15)7-16-8-13-11(14)4-5-17-13/h2-6,16H,7-8H2,1H3. The Labute approximate surface area is 123 Å². The molecule has 1 aromatic carbocycles. The summed E-state index contributed by atoms with van der Waals surface area (Å²) in [5.41, 5.74) is 2.57. The lowest BCUT2D eigenvalue weighted by molar-refractivity contribution is 0.699. The molecule has 0 saturated heterocycles. The maximum Gasteiger partial charge on any atom is 0.0327 e. The molecule has 1 nitrogen and oxygen atoms in total. The first-order chi connectivity index (χ1) is 8.16. The van der Waals surface area contributed by atoms with E-state index in [1.54, 1.807) is 11.3 Å². The lowest BCUT2D eigenvalue weighted by atomic mass is 10.1. The second-order valence-corrected chi connectivity index (χ2v) is 6.59. The van der Waals surface area contributed by atoms with Gasteiger partial charge in [-0.05, 0) is 51.5 Å². The van der Waals surface area contributed by atoms with Gasteiger partial charge in [0.2, 0.25) is 0 Å². The molecule has 0 unspecified atom stereocenters. The molecule has 90 valence electrons. The van der Waals surface area contributed by atoms with Crippen molar-refractivity contribution in [1.82, 2.24) is 5.32 Å². The maximum atomic E-state index is 3.56. The summed E-state index contributed by atoms with van der Waals surface area (Å²) >= 11 is 8.86. The van der Waals surface area contributed by atoms with Crippen LogP contribution in [-0.4, -0.2) is 0 Å². The van der Waals surface area contributed by atoms with Gasteiger partial charge in [-0.25, -0.2) is 0 Å². The van der Waals surface area contributed by atoms with Gasteiger partial charge >= 0.3 is 0 Å². The average molecular weight is 375 g/mol. The molecule has 1 heterocycles. The first-order valence-electron chi connectivity index (χ1n) is 5.34. The Kier molecular flexibility index (Phi) is 4.79. The summed E-state index contributed by atoms with van der Waals surface area (Å²) in [6.07, 6.45) is 0. The van der Waals surface area contributed by atoms with Gasteiger partial charge in [0.25, 0.3) is 0 Å². The van der Waals surface area contributed by atoms with Crippen LogP contribution in [0.3, 0.4) is 0 Å². The van der Waals surface area contributed by atoms with E-state index in [0.29, 0.717) is 0 Å².